The molecule has 1 aromatic carbocycles. The fraction of sp³-hybridized carbons (Fsp3) is 0.652. The maximum Gasteiger partial charge on any atom is 0.240 e. The van der Waals surface area contributed by atoms with E-state index in [-0.39, 0.29) is 29.9 Å². The standard InChI is InChI=1S/C23H38N4O2/c1-7-20-10-8-9-11-21(20)24-22(28)16-25-12-14-26(15-13-25)19(6)23(29)27(17(2)3)18(4)5/h8-11,17-19H,7,12-16H2,1-6H3,(H,24,28). The van der Waals surface area contributed by atoms with Gasteiger partial charge in [0.1, 0.15) is 0 Å². The molecule has 0 radical (unpaired) electrons. The Balaban J connectivity index is 1.85. The van der Waals surface area contributed by atoms with Crippen molar-refractivity contribution in [2.45, 2.75) is 66.1 Å². The van der Waals surface area contributed by atoms with Crippen LogP contribution in [0.1, 0.15) is 47.1 Å². The number of nitrogens with zero attached hydrogens (tertiary/aromatic N) is 3. The van der Waals surface area contributed by atoms with E-state index in [1.807, 2.05) is 36.1 Å². The first-order chi connectivity index (χ1) is 13.7. The lowest BCUT2D eigenvalue weighted by Crippen LogP contribution is -2.57. The Labute approximate surface area is 176 Å². The minimum Gasteiger partial charge on any atom is -0.336 e. The van der Waals surface area contributed by atoms with Crippen LogP contribution in [0, 0.1) is 0 Å². The first kappa shape index (κ1) is 23.4. The van der Waals surface area contributed by atoms with E-state index < -0.39 is 0 Å². The van der Waals surface area contributed by atoms with Gasteiger partial charge in [0.05, 0.1) is 12.6 Å². The third-order valence-electron chi connectivity index (χ3n) is 5.72. The summed E-state index contributed by atoms with van der Waals surface area (Å²) in [5, 5.41) is 3.05. The summed E-state index contributed by atoms with van der Waals surface area (Å²) in [5.41, 5.74) is 2.05. The molecular formula is C23H38N4O2. The molecule has 1 saturated heterocycles. The van der Waals surface area contributed by atoms with Crippen LogP contribution in [0.2, 0.25) is 0 Å². The molecule has 6 heteroatoms. The average molecular weight is 403 g/mol. The van der Waals surface area contributed by atoms with Gasteiger partial charge in [-0.25, -0.2) is 0 Å². The first-order valence-electron chi connectivity index (χ1n) is 10.9. The topological polar surface area (TPSA) is 55.9 Å². The molecule has 29 heavy (non-hydrogen) atoms. The molecule has 2 rings (SSSR count). The molecule has 2 amide bonds. The van der Waals surface area contributed by atoms with Gasteiger partial charge in [0, 0.05) is 44.0 Å². The van der Waals surface area contributed by atoms with Crippen molar-refractivity contribution < 1.29 is 9.59 Å². The highest BCUT2D eigenvalue weighted by molar-refractivity contribution is 5.93. The van der Waals surface area contributed by atoms with Gasteiger partial charge in [0.15, 0.2) is 0 Å². The Bertz CT molecular complexity index is 673. The van der Waals surface area contributed by atoms with E-state index in [0.717, 1.165) is 43.9 Å². The highest BCUT2D eigenvalue weighted by Gasteiger charge is 2.31. The maximum absolute atomic E-state index is 13.0. The predicted octanol–water partition coefficient (Wildman–Crippen LogP) is 2.84. The molecule has 162 valence electrons. The second kappa shape index (κ2) is 10.7. The molecule has 0 saturated carbocycles. The quantitative estimate of drug-likeness (QED) is 0.726. The Kier molecular flexibility index (Phi) is 8.65. The van der Waals surface area contributed by atoms with Gasteiger partial charge in [-0.05, 0) is 52.7 Å². The molecule has 1 aromatic rings. The lowest BCUT2D eigenvalue weighted by atomic mass is 10.1. The summed E-state index contributed by atoms with van der Waals surface area (Å²) in [5.74, 6) is 0.214. The summed E-state index contributed by atoms with van der Waals surface area (Å²) in [6.45, 7) is 15.9. The zero-order valence-corrected chi connectivity index (χ0v) is 18.9. The second-order valence-electron chi connectivity index (χ2n) is 8.48. The van der Waals surface area contributed by atoms with Crippen molar-refractivity contribution in [3.63, 3.8) is 0 Å². The fourth-order valence-corrected chi connectivity index (χ4v) is 4.13. The number of amides is 2. The third-order valence-corrected chi connectivity index (χ3v) is 5.72. The van der Waals surface area contributed by atoms with E-state index in [2.05, 4.69) is 49.7 Å². The molecule has 1 atom stereocenters. The Morgan fingerprint density at radius 2 is 1.59 bits per heavy atom. The number of nitrogens with one attached hydrogen (secondary N) is 1. The van der Waals surface area contributed by atoms with Gasteiger partial charge in [-0.1, -0.05) is 25.1 Å². The molecule has 1 unspecified atom stereocenters. The Hall–Kier alpha value is -1.92. The number of para-hydroxylation sites is 1. The highest BCUT2D eigenvalue weighted by atomic mass is 16.2. The van der Waals surface area contributed by atoms with E-state index in [1.165, 1.54) is 0 Å². The van der Waals surface area contributed by atoms with Crippen LogP contribution in [-0.2, 0) is 16.0 Å². The number of anilines is 1. The van der Waals surface area contributed by atoms with Gasteiger partial charge in [0.25, 0.3) is 0 Å². The molecule has 0 spiro atoms. The van der Waals surface area contributed by atoms with Gasteiger partial charge in [-0.2, -0.15) is 0 Å². The summed E-state index contributed by atoms with van der Waals surface area (Å²) in [6, 6.07) is 8.20. The van der Waals surface area contributed by atoms with Gasteiger partial charge < -0.3 is 10.2 Å². The van der Waals surface area contributed by atoms with Gasteiger partial charge in [-0.3, -0.25) is 19.4 Å². The summed E-state index contributed by atoms with van der Waals surface area (Å²) in [4.78, 5) is 31.8. The van der Waals surface area contributed by atoms with E-state index >= 15 is 0 Å². The van der Waals surface area contributed by atoms with Crippen LogP contribution >= 0.6 is 0 Å². The van der Waals surface area contributed by atoms with E-state index in [0.29, 0.717) is 6.54 Å². The Morgan fingerprint density at radius 1 is 1.00 bits per heavy atom. The Morgan fingerprint density at radius 3 is 2.14 bits per heavy atom. The third kappa shape index (κ3) is 6.28. The SMILES string of the molecule is CCc1ccccc1NC(=O)CN1CCN(C(C)C(=O)N(C(C)C)C(C)C)CC1. The van der Waals surface area contributed by atoms with Crippen molar-refractivity contribution in [1.82, 2.24) is 14.7 Å². The number of hydrogen-bond acceptors (Lipinski definition) is 4. The number of carbonyl (C=O) groups excluding carboxylic acids is 2. The van der Waals surface area contributed by atoms with Crippen LogP contribution in [0.5, 0.6) is 0 Å². The molecule has 1 fully saturated rings. The number of hydrogen-bond donors (Lipinski definition) is 1. The predicted molar refractivity (Wildman–Crippen MR) is 119 cm³/mol. The van der Waals surface area contributed by atoms with Gasteiger partial charge in [-0.15, -0.1) is 0 Å². The molecule has 1 aliphatic heterocycles. The van der Waals surface area contributed by atoms with Crippen molar-refractivity contribution in [2.75, 3.05) is 38.0 Å². The van der Waals surface area contributed by atoms with Crippen LogP contribution in [0.25, 0.3) is 0 Å². The molecule has 0 bridgehead atoms. The van der Waals surface area contributed by atoms with E-state index in [1.54, 1.807) is 0 Å². The number of carbonyl (C=O) groups is 2. The first-order valence-corrected chi connectivity index (χ1v) is 10.9. The molecular weight excluding hydrogens is 364 g/mol. The normalized spacial score (nSPS) is 16.8. The maximum atomic E-state index is 13.0. The average Bonchev–Trinajstić information content (AvgIpc) is 2.67. The molecule has 0 aliphatic carbocycles. The zero-order valence-electron chi connectivity index (χ0n) is 18.9. The number of benzene rings is 1. The van der Waals surface area contributed by atoms with Crippen molar-refractivity contribution in [3.8, 4) is 0 Å². The van der Waals surface area contributed by atoms with Crippen LogP contribution in [0.3, 0.4) is 0 Å². The van der Waals surface area contributed by atoms with Crippen molar-refractivity contribution >= 4 is 17.5 Å². The second-order valence-corrected chi connectivity index (χ2v) is 8.48. The van der Waals surface area contributed by atoms with Crippen molar-refractivity contribution in [1.29, 1.82) is 0 Å². The summed E-state index contributed by atoms with van der Waals surface area (Å²) in [7, 11) is 0. The summed E-state index contributed by atoms with van der Waals surface area (Å²) >= 11 is 0. The molecule has 1 aliphatic rings. The fourth-order valence-electron chi connectivity index (χ4n) is 4.13. The van der Waals surface area contributed by atoms with Crippen LogP contribution in [0.15, 0.2) is 24.3 Å². The van der Waals surface area contributed by atoms with Crippen molar-refractivity contribution in [2.24, 2.45) is 0 Å². The molecule has 1 N–H and O–H groups in total. The lowest BCUT2D eigenvalue weighted by Gasteiger charge is -2.40. The minimum atomic E-state index is -0.132. The monoisotopic (exact) mass is 402 g/mol. The van der Waals surface area contributed by atoms with Crippen LogP contribution in [0.4, 0.5) is 5.69 Å². The largest absolute Gasteiger partial charge is 0.336 e. The summed E-state index contributed by atoms with van der Waals surface area (Å²) < 4.78 is 0. The van der Waals surface area contributed by atoms with E-state index in [4.69, 9.17) is 0 Å². The van der Waals surface area contributed by atoms with E-state index in [9.17, 15) is 9.59 Å². The van der Waals surface area contributed by atoms with Crippen molar-refractivity contribution in [3.05, 3.63) is 29.8 Å². The molecule has 1 heterocycles. The molecule has 6 nitrogen and oxygen atoms in total. The lowest BCUT2D eigenvalue weighted by molar-refractivity contribution is -0.141. The highest BCUT2D eigenvalue weighted by Crippen LogP contribution is 2.16. The number of rotatable bonds is 8. The van der Waals surface area contributed by atoms with Crippen LogP contribution in [-0.4, -0.2) is 77.4 Å². The van der Waals surface area contributed by atoms with Gasteiger partial charge in [0.2, 0.25) is 11.8 Å². The summed E-state index contributed by atoms with van der Waals surface area (Å²) in [6.07, 6.45) is 0.894. The zero-order chi connectivity index (χ0) is 21.6. The van der Waals surface area contributed by atoms with Crippen LogP contribution < -0.4 is 5.32 Å². The smallest absolute Gasteiger partial charge is 0.240 e. The van der Waals surface area contributed by atoms with Gasteiger partial charge >= 0.3 is 0 Å². The molecule has 0 aromatic heterocycles. The number of piperazine rings is 1. The minimum absolute atomic E-state index is 0.0225. The number of aryl methyl sites for hydroxylation is 1.